The summed E-state index contributed by atoms with van der Waals surface area (Å²) in [5, 5.41) is 18.9. The predicted octanol–water partition coefficient (Wildman–Crippen LogP) is -0.336. The number of nitrogens with two attached hydrogens (primary N) is 1. The number of carboxylic acid groups (broad SMARTS) is 1. The summed E-state index contributed by atoms with van der Waals surface area (Å²) in [7, 11) is 0. The number of anilines is 1. The third-order valence-corrected chi connectivity index (χ3v) is 4.76. The Balaban J connectivity index is 1.71. The number of hydrogen-bond donors (Lipinski definition) is 4. The number of esters is 1. The van der Waals surface area contributed by atoms with Crippen molar-refractivity contribution in [2.45, 2.75) is 37.8 Å². The molecule has 2 aromatic rings. The van der Waals surface area contributed by atoms with Crippen molar-refractivity contribution in [3.8, 4) is 0 Å². The Kier molecular flexibility index (Phi) is 7.37. The zero-order valence-electron chi connectivity index (χ0n) is 17.4. The zero-order valence-corrected chi connectivity index (χ0v) is 17.4. The molecule has 0 aliphatic carbocycles. The molecule has 0 unspecified atom stereocenters. The highest BCUT2D eigenvalue weighted by Gasteiger charge is 2.39. The molecule has 1 aromatic heterocycles. The molecule has 0 spiro atoms. The van der Waals surface area contributed by atoms with Crippen LogP contribution in [0.3, 0.4) is 0 Å². The topological polar surface area (TPSA) is 192 Å². The number of ether oxygens (including phenoxy) is 2. The van der Waals surface area contributed by atoms with E-state index in [-0.39, 0.29) is 23.4 Å². The molecule has 1 fully saturated rings. The van der Waals surface area contributed by atoms with Crippen molar-refractivity contribution >= 4 is 23.7 Å². The van der Waals surface area contributed by atoms with Crippen LogP contribution in [0.4, 0.5) is 5.82 Å². The molecule has 5 N–H and O–H groups in total. The monoisotopic (exact) mass is 462 g/mol. The molecule has 0 amide bonds. The Morgan fingerprint density at radius 1 is 1.30 bits per heavy atom. The minimum atomic E-state index is -1.29. The Bertz CT molecular complexity index is 1100. The number of carbonyl (C=O) groups excluding carboxylic acids is 2. The van der Waals surface area contributed by atoms with Crippen LogP contribution < -0.4 is 16.9 Å². The SMILES string of the molecule is C[C@@H](N)C(=O)ONc1ccn([C@H]2C[C@H](OC(=O)c3ccccc3C(=O)O)[C@@H](CO)O2)c(=O)n1. The lowest BCUT2D eigenvalue weighted by atomic mass is 10.1. The van der Waals surface area contributed by atoms with Gasteiger partial charge in [-0.05, 0) is 19.1 Å². The van der Waals surface area contributed by atoms with Crippen molar-refractivity contribution in [2.24, 2.45) is 5.73 Å². The second-order valence-corrected chi connectivity index (χ2v) is 7.16. The molecule has 13 nitrogen and oxygen atoms in total. The summed E-state index contributed by atoms with van der Waals surface area (Å²) in [5.41, 5.74) is 6.44. The summed E-state index contributed by atoms with van der Waals surface area (Å²) < 4.78 is 12.1. The van der Waals surface area contributed by atoms with E-state index in [2.05, 4.69) is 15.3 Å². The Labute approximate surface area is 186 Å². The van der Waals surface area contributed by atoms with E-state index in [1.807, 2.05) is 0 Å². The fourth-order valence-electron chi connectivity index (χ4n) is 3.09. The van der Waals surface area contributed by atoms with Crippen LogP contribution in [-0.4, -0.2) is 62.5 Å². The minimum Gasteiger partial charge on any atom is -0.478 e. The van der Waals surface area contributed by atoms with Crippen molar-refractivity contribution in [1.29, 1.82) is 0 Å². The van der Waals surface area contributed by atoms with Gasteiger partial charge in [0.15, 0.2) is 5.82 Å². The number of aromatic carboxylic acids is 1. The fraction of sp³-hybridized carbons (Fsp3) is 0.350. The molecule has 4 atom stereocenters. The smallest absolute Gasteiger partial charge is 0.351 e. The normalized spacial score (nSPS) is 20.6. The highest BCUT2D eigenvalue weighted by Crippen LogP contribution is 2.30. The van der Waals surface area contributed by atoms with E-state index in [0.717, 1.165) is 4.57 Å². The Morgan fingerprint density at radius 2 is 2.00 bits per heavy atom. The van der Waals surface area contributed by atoms with E-state index in [1.54, 1.807) is 0 Å². The van der Waals surface area contributed by atoms with Gasteiger partial charge in [-0.25, -0.2) is 24.7 Å². The quantitative estimate of drug-likeness (QED) is 0.295. The van der Waals surface area contributed by atoms with Gasteiger partial charge in [0.25, 0.3) is 0 Å². The van der Waals surface area contributed by atoms with Crippen molar-refractivity contribution < 1.29 is 38.9 Å². The van der Waals surface area contributed by atoms with Gasteiger partial charge in [-0.15, -0.1) is 0 Å². The molecule has 3 rings (SSSR count). The summed E-state index contributed by atoms with van der Waals surface area (Å²) in [6, 6.07) is 6.01. The number of rotatable bonds is 8. The largest absolute Gasteiger partial charge is 0.478 e. The van der Waals surface area contributed by atoms with Crippen molar-refractivity contribution in [3.05, 3.63) is 58.1 Å². The second kappa shape index (κ2) is 10.2. The molecule has 33 heavy (non-hydrogen) atoms. The number of nitrogens with zero attached hydrogens (tertiary/aromatic N) is 2. The molecule has 0 radical (unpaired) electrons. The molecule has 1 aromatic carbocycles. The van der Waals surface area contributed by atoms with Crippen LogP contribution in [0.25, 0.3) is 0 Å². The van der Waals surface area contributed by atoms with Gasteiger partial charge in [0, 0.05) is 18.7 Å². The number of aromatic nitrogens is 2. The summed E-state index contributed by atoms with van der Waals surface area (Å²) in [6.07, 6.45) is -1.50. The molecular weight excluding hydrogens is 440 g/mol. The lowest BCUT2D eigenvalue weighted by Gasteiger charge is -2.17. The van der Waals surface area contributed by atoms with E-state index < -0.39 is 54.7 Å². The maximum absolute atomic E-state index is 12.6. The summed E-state index contributed by atoms with van der Waals surface area (Å²) in [5.74, 6) is -2.99. The second-order valence-electron chi connectivity index (χ2n) is 7.16. The summed E-state index contributed by atoms with van der Waals surface area (Å²) in [4.78, 5) is 56.1. The predicted molar refractivity (Wildman–Crippen MR) is 110 cm³/mol. The standard InChI is InChI=1S/C20H22N4O9/c1-10(21)18(28)33-23-15-6-7-24(20(30)22-15)16-8-13(14(9-25)31-16)32-19(29)12-5-3-2-4-11(12)17(26)27/h2-7,10,13-14,16,25H,8-9,21H2,1H3,(H,26,27)(H,22,23,30)/t10-,13+,14-,16-/m1/s1. The lowest BCUT2D eigenvalue weighted by molar-refractivity contribution is -0.141. The van der Waals surface area contributed by atoms with Gasteiger partial charge in [-0.2, -0.15) is 4.98 Å². The fourth-order valence-corrected chi connectivity index (χ4v) is 3.09. The van der Waals surface area contributed by atoms with Crippen LogP contribution in [0, 0.1) is 0 Å². The highest BCUT2D eigenvalue weighted by atomic mass is 16.7. The van der Waals surface area contributed by atoms with Gasteiger partial charge in [-0.1, -0.05) is 12.1 Å². The number of aliphatic hydroxyl groups is 1. The molecule has 0 bridgehead atoms. The number of benzene rings is 1. The molecule has 176 valence electrons. The number of carboxylic acids is 1. The number of carbonyl (C=O) groups is 3. The van der Waals surface area contributed by atoms with Crippen LogP contribution in [-0.2, 0) is 19.1 Å². The molecule has 13 heteroatoms. The lowest BCUT2D eigenvalue weighted by Crippen LogP contribution is -2.31. The van der Waals surface area contributed by atoms with E-state index >= 15 is 0 Å². The van der Waals surface area contributed by atoms with Gasteiger partial charge >= 0.3 is 23.6 Å². The molecule has 2 heterocycles. The molecule has 1 saturated heterocycles. The van der Waals surface area contributed by atoms with Gasteiger partial charge in [0.1, 0.15) is 24.5 Å². The third-order valence-electron chi connectivity index (χ3n) is 4.76. The average molecular weight is 462 g/mol. The Morgan fingerprint density at radius 3 is 2.61 bits per heavy atom. The van der Waals surface area contributed by atoms with Crippen LogP contribution in [0.2, 0.25) is 0 Å². The molecule has 0 saturated carbocycles. The first-order chi connectivity index (χ1) is 15.7. The van der Waals surface area contributed by atoms with Crippen LogP contribution in [0.15, 0.2) is 41.3 Å². The number of nitrogens with one attached hydrogen (secondary N) is 1. The van der Waals surface area contributed by atoms with Crippen LogP contribution in [0.5, 0.6) is 0 Å². The van der Waals surface area contributed by atoms with E-state index in [1.165, 1.54) is 43.5 Å². The summed E-state index contributed by atoms with van der Waals surface area (Å²) in [6.45, 7) is 0.915. The van der Waals surface area contributed by atoms with Crippen LogP contribution >= 0.6 is 0 Å². The number of hydrogen-bond acceptors (Lipinski definition) is 11. The Hall–Kier alpha value is -3.81. The van der Waals surface area contributed by atoms with Gasteiger partial charge in [0.05, 0.1) is 17.7 Å². The average Bonchev–Trinajstić information content (AvgIpc) is 3.19. The first kappa shape index (κ1) is 23.8. The van der Waals surface area contributed by atoms with Crippen molar-refractivity contribution in [1.82, 2.24) is 9.55 Å². The third kappa shape index (κ3) is 5.52. The zero-order chi connectivity index (χ0) is 24.1. The maximum Gasteiger partial charge on any atom is 0.351 e. The molecular formula is C20H22N4O9. The van der Waals surface area contributed by atoms with Gasteiger partial charge in [-0.3, -0.25) is 4.57 Å². The van der Waals surface area contributed by atoms with Crippen molar-refractivity contribution in [3.63, 3.8) is 0 Å². The van der Waals surface area contributed by atoms with Crippen molar-refractivity contribution in [2.75, 3.05) is 12.1 Å². The van der Waals surface area contributed by atoms with Gasteiger partial charge < -0.3 is 30.3 Å². The van der Waals surface area contributed by atoms with E-state index in [9.17, 15) is 29.4 Å². The minimum absolute atomic E-state index is 0.000239. The maximum atomic E-state index is 12.6. The molecule has 1 aliphatic heterocycles. The van der Waals surface area contributed by atoms with E-state index in [0.29, 0.717) is 0 Å². The highest BCUT2D eigenvalue weighted by molar-refractivity contribution is 6.02. The van der Waals surface area contributed by atoms with Crippen LogP contribution in [0.1, 0.15) is 40.3 Å². The van der Waals surface area contributed by atoms with Gasteiger partial charge in [0.2, 0.25) is 0 Å². The first-order valence-corrected chi connectivity index (χ1v) is 9.82. The molecule has 1 aliphatic rings. The first-order valence-electron chi connectivity index (χ1n) is 9.82. The number of aliphatic hydroxyl groups excluding tert-OH is 1. The summed E-state index contributed by atoms with van der Waals surface area (Å²) >= 11 is 0. The van der Waals surface area contributed by atoms with E-state index in [4.69, 9.17) is 15.2 Å².